The number of aromatic amines is 1. The van der Waals surface area contributed by atoms with Crippen molar-refractivity contribution >= 4 is 0 Å². The molecule has 0 bridgehead atoms. The molecule has 1 aromatic carbocycles. The second kappa shape index (κ2) is 6.76. The van der Waals surface area contributed by atoms with Crippen LogP contribution in [-0.2, 0) is 19.5 Å². The first kappa shape index (κ1) is 16.5. The fourth-order valence-corrected chi connectivity index (χ4v) is 3.17. The summed E-state index contributed by atoms with van der Waals surface area (Å²) in [5.41, 5.74) is 1.86. The average Bonchev–Trinajstić information content (AvgIpc) is 2.66. The number of hydrogen-bond acceptors (Lipinski definition) is 4. The van der Waals surface area contributed by atoms with Crippen LogP contribution in [0, 0.1) is 11.6 Å². The van der Waals surface area contributed by atoms with E-state index in [0.29, 0.717) is 30.9 Å². The molecule has 2 aromatic heterocycles. The number of H-pyrrole nitrogens is 1. The standard InChI is InChI=1S/C19H16F2N4O/c20-15-2-1-3-16(21)13(15)10-25-9-6-17-14(11-25)19(26)24-18(23-17)12-4-7-22-8-5-12/h1-5,7-8H,6,9-11H2,(H,23,24,26). The molecule has 0 spiro atoms. The Balaban J connectivity index is 1.61. The van der Waals surface area contributed by atoms with Crippen molar-refractivity contribution < 1.29 is 8.78 Å². The zero-order valence-corrected chi connectivity index (χ0v) is 13.9. The van der Waals surface area contributed by atoms with E-state index in [1.165, 1.54) is 18.2 Å². The van der Waals surface area contributed by atoms with Crippen LogP contribution in [0.1, 0.15) is 16.8 Å². The van der Waals surface area contributed by atoms with Crippen molar-refractivity contribution in [3.05, 3.63) is 81.5 Å². The lowest BCUT2D eigenvalue weighted by Gasteiger charge is -2.28. The molecule has 0 fully saturated rings. The lowest BCUT2D eigenvalue weighted by Crippen LogP contribution is -2.35. The monoisotopic (exact) mass is 354 g/mol. The Kier molecular flexibility index (Phi) is 4.30. The van der Waals surface area contributed by atoms with Gasteiger partial charge in [-0.3, -0.25) is 14.7 Å². The summed E-state index contributed by atoms with van der Waals surface area (Å²) < 4.78 is 27.7. The molecule has 132 valence electrons. The molecule has 0 atom stereocenters. The number of pyridine rings is 1. The van der Waals surface area contributed by atoms with Crippen LogP contribution in [0.3, 0.4) is 0 Å². The predicted octanol–water partition coefficient (Wildman–Crippen LogP) is 2.67. The minimum Gasteiger partial charge on any atom is -0.306 e. The normalized spacial score (nSPS) is 14.2. The maximum atomic E-state index is 13.9. The maximum Gasteiger partial charge on any atom is 0.255 e. The van der Waals surface area contributed by atoms with E-state index in [-0.39, 0.29) is 17.7 Å². The van der Waals surface area contributed by atoms with Gasteiger partial charge in [0.1, 0.15) is 17.5 Å². The summed E-state index contributed by atoms with van der Waals surface area (Å²) in [6.07, 6.45) is 3.83. The van der Waals surface area contributed by atoms with Gasteiger partial charge in [0, 0.05) is 49.6 Å². The lowest BCUT2D eigenvalue weighted by molar-refractivity contribution is 0.235. The highest BCUT2D eigenvalue weighted by Crippen LogP contribution is 2.21. The molecule has 0 unspecified atom stereocenters. The zero-order chi connectivity index (χ0) is 18.1. The van der Waals surface area contributed by atoms with Crippen LogP contribution in [0.4, 0.5) is 8.78 Å². The lowest BCUT2D eigenvalue weighted by atomic mass is 10.1. The Morgan fingerprint density at radius 3 is 2.58 bits per heavy atom. The number of aromatic nitrogens is 3. The largest absolute Gasteiger partial charge is 0.306 e. The highest BCUT2D eigenvalue weighted by Gasteiger charge is 2.23. The molecule has 7 heteroatoms. The number of hydrogen-bond donors (Lipinski definition) is 1. The highest BCUT2D eigenvalue weighted by atomic mass is 19.1. The summed E-state index contributed by atoms with van der Waals surface area (Å²) >= 11 is 0. The first-order chi connectivity index (χ1) is 12.6. The fourth-order valence-electron chi connectivity index (χ4n) is 3.17. The van der Waals surface area contributed by atoms with Gasteiger partial charge in [0.15, 0.2) is 0 Å². The molecule has 4 rings (SSSR count). The van der Waals surface area contributed by atoms with Gasteiger partial charge in [-0.1, -0.05) is 6.07 Å². The van der Waals surface area contributed by atoms with Crippen molar-refractivity contribution in [3.8, 4) is 11.4 Å². The van der Waals surface area contributed by atoms with Crippen molar-refractivity contribution in [2.24, 2.45) is 0 Å². The molecule has 0 aliphatic carbocycles. The Hall–Kier alpha value is -2.93. The van der Waals surface area contributed by atoms with Gasteiger partial charge in [-0.05, 0) is 24.3 Å². The number of rotatable bonds is 3. The first-order valence-electron chi connectivity index (χ1n) is 8.29. The zero-order valence-electron chi connectivity index (χ0n) is 13.9. The summed E-state index contributed by atoms with van der Waals surface area (Å²) in [4.78, 5) is 25.7. The van der Waals surface area contributed by atoms with E-state index in [1.54, 1.807) is 24.5 Å². The summed E-state index contributed by atoms with van der Waals surface area (Å²) in [6, 6.07) is 7.38. The second-order valence-corrected chi connectivity index (χ2v) is 6.24. The smallest absolute Gasteiger partial charge is 0.255 e. The van der Waals surface area contributed by atoms with E-state index in [0.717, 1.165) is 11.3 Å². The Morgan fingerprint density at radius 2 is 1.85 bits per heavy atom. The molecule has 1 aliphatic rings. The first-order valence-corrected chi connectivity index (χ1v) is 8.29. The van der Waals surface area contributed by atoms with Gasteiger partial charge in [0.05, 0.1) is 11.3 Å². The van der Waals surface area contributed by atoms with E-state index in [1.807, 2.05) is 4.90 Å². The van der Waals surface area contributed by atoms with Crippen molar-refractivity contribution in [2.45, 2.75) is 19.5 Å². The Labute approximate surface area is 148 Å². The molecule has 3 heterocycles. The van der Waals surface area contributed by atoms with Gasteiger partial charge in [0.2, 0.25) is 0 Å². The topological polar surface area (TPSA) is 61.9 Å². The van der Waals surface area contributed by atoms with E-state index < -0.39 is 11.6 Å². The van der Waals surface area contributed by atoms with Gasteiger partial charge in [-0.2, -0.15) is 0 Å². The van der Waals surface area contributed by atoms with Gasteiger partial charge in [-0.25, -0.2) is 13.8 Å². The minimum absolute atomic E-state index is 0.0220. The Bertz CT molecular complexity index is 984. The number of fused-ring (bicyclic) bond motifs is 1. The van der Waals surface area contributed by atoms with Crippen LogP contribution in [-0.4, -0.2) is 26.4 Å². The van der Waals surface area contributed by atoms with E-state index in [2.05, 4.69) is 15.0 Å². The van der Waals surface area contributed by atoms with E-state index in [9.17, 15) is 13.6 Å². The minimum atomic E-state index is -0.573. The third-order valence-corrected chi connectivity index (χ3v) is 4.54. The van der Waals surface area contributed by atoms with E-state index in [4.69, 9.17) is 0 Å². The van der Waals surface area contributed by atoms with Gasteiger partial charge in [0.25, 0.3) is 5.56 Å². The molecular weight excluding hydrogens is 338 g/mol. The molecule has 0 radical (unpaired) electrons. The van der Waals surface area contributed by atoms with Gasteiger partial charge >= 0.3 is 0 Å². The molecular formula is C19H16F2N4O. The number of benzene rings is 1. The fraction of sp³-hybridized carbons (Fsp3) is 0.211. The summed E-state index contributed by atoms with van der Waals surface area (Å²) in [7, 11) is 0. The molecule has 26 heavy (non-hydrogen) atoms. The molecule has 1 aliphatic heterocycles. The molecule has 1 N–H and O–H groups in total. The van der Waals surface area contributed by atoms with Crippen LogP contribution in [0.15, 0.2) is 47.5 Å². The molecule has 3 aromatic rings. The van der Waals surface area contributed by atoms with Crippen molar-refractivity contribution in [1.82, 2.24) is 19.9 Å². The van der Waals surface area contributed by atoms with E-state index >= 15 is 0 Å². The molecule has 0 amide bonds. The van der Waals surface area contributed by atoms with Gasteiger partial charge in [-0.15, -0.1) is 0 Å². The Morgan fingerprint density at radius 1 is 1.12 bits per heavy atom. The number of nitrogens with zero attached hydrogens (tertiary/aromatic N) is 3. The SMILES string of the molecule is O=c1[nH]c(-c2ccncc2)nc2c1CN(Cc1c(F)cccc1F)CC2. The average molecular weight is 354 g/mol. The third-order valence-electron chi connectivity index (χ3n) is 4.54. The predicted molar refractivity (Wildman–Crippen MR) is 92.3 cm³/mol. The second-order valence-electron chi connectivity index (χ2n) is 6.24. The summed E-state index contributed by atoms with van der Waals surface area (Å²) in [5.74, 6) is -0.642. The van der Waals surface area contributed by atoms with Crippen LogP contribution in [0.2, 0.25) is 0 Å². The van der Waals surface area contributed by atoms with Crippen molar-refractivity contribution in [2.75, 3.05) is 6.54 Å². The summed E-state index contributed by atoms with van der Waals surface area (Å²) in [6.45, 7) is 0.999. The third kappa shape index (κ3) is 3.13. The molecule has 0 saturated carbocycles. The van der Waals surface area contributed by atoms with Crippen molar-refractivity contribution in [3.63, 3.8) is 0 Å². The number of halogens is 2. The maximum absolute atomic E-state index is 13.9. The highest BCUT2D eigenvalue weighted by molar-refractivity contribution is 5.54. The molecule has 0 saturated heterocycles. The van der Waals surface area contributed by atoms with Crippen LogP contribution in [0.5, 0.6) is 0 Å². The van der Waals surface area contributed by atoms with Crippen LogP contribution >= 0.6 is 0 Å². The molecule has 5 nitrogen and oxygen atoms in total. The number of nitrogens with one attached hydrogen (secondary N) is 1. The van der Waals surface area contributed by atoms with Crippen LogP contribution in [0.25, 0.3) is 11.4 Å². The van der Waals surface area contributed by atoms with Crippen LogP contribution < -0.4 is 5.56 Å². The quantitative estimate of drug-likeness (QED) is 0.786. The van der Waals surface area contributed by atoms with Crippen molar-refractivity contribution in [1.29, 1.82) is 0 Å². The van der Waals surface area contributed by atoms with Gasteiger partial charge < -0.3 is 4.98 Å². The summed E-state index contributed by atoms with van der Waals surface area (Å²) in [5, 5.41) is 0.